The molecule has 0 radical (unpaired) electrons. The van der Waals surface area contributed by atoms with E-state index in [4.69, 9.17) is 0 Å². The van der Waals surface area contributed by atoms with Crippen molar-refractivity contribution < 1.29 is 9.72 Å². The zero-order valence-corrected chi connectivity index (χ0v) is 14.1. The molecule has 0 saturated carbocycles. The Balaban J connectivity index is 1.68. The molecule has 0 unspecified atom stereocenters. The third-order valence-electron chi connectivity index (χ3n) is 3.91. The quantitative estimate of drug-likeness (QED) is 0.664. The number of nitrogens with zero attached hydrogens (tertiary/aromatic N) is 3. The van der Waals surface area contributed by atoms with E-state index in [9.17, 15) is 14.9 Å². The second-order valence-electron chi connectivity index (χ2n) is 5.67. The molecule has 24 heavy (non-hydrogen) atoms. The first kappa shape index (κ1) is 16.5. The highest BCUT2D eigenvalue weighted by molar-refractivity contribution is 7.15. The molecule has 0 spiro atoms. The molecule has 1 N–H and O–H groups in total. The topological polar surface area (TPSA) is 88.4 Å². The van der Waals surface area contributed by atoms with Crippen molar-refractivity contribution in [3.05, 3.63) is 50.5 Å². The molecule has 1 aromatic carbocycles. The van der Waals surface area contributed by atoms with Crippen LogP contribution in [0.2, 0.25) is 0 Å². The first-order chi connectivity index (χ1) is 11.6. The number of thiazole rings is 1. The molecule has 0 saturated heterocycles. The summed E-state index contributed by atoms with van der Waals surface area (Å²) in [6, 6.07) is 5.54. The minimum absolute atomic E-state index is 0.0349. The van der Waals surface area contributed by atoms with Crippen LogP contribution in [0.4, 0.5) is 10.8 Å². The average molecular weight is 346 g/mol. The SMILES string of the molecule is CCCN1CCc2nc(NC(=O)c3ccc([N+](=O)[O-])cc3)sc2C1. The van der Waals surface area contributed by atoms with Gasteiger partial charge in [0.1, 0.15) is 0 Å². The lowest BCUT2D eigenvalue weighted by molar-refractivity contribution is -0.384. The van der Waals surface area contributed by atoms with E-state index >= 15 is 0 Å². The number of nitro groups is 1. The number of nitrogens with one attached hydrogen (secondary N) is 1. The van der Waals surface area contributed by atoms with Gasteiger partial charge in [0.2, 0.25) is 0 Å². The van der Waals surface area contributed by atoms with Crippen molar-refractivity contribution in [1.82, 2.24) is 9.88 Å². The number of anilines is 1. The van der Waals surface area contributed by atoms with Crippen molar-refractivity contribution in [3.8, 4) is 0 Å². The van der Waals surface area contributed by atoms with Gasteiger partial charge in [0.05, 0.1) is 10.6 Å². The predicted molar refractivity (Wildman–Crippen MR) is 92.4 cm³/mol. The number of carbonyl (C=O) groups is 1. The molecule has 1 aromatic heterocycles. The summed E-state index contributed by atoms with van der Waals surface area (Å²) in [6.07, 6.45) is 2.02. The summed E-state index contributed by atoms with van der Waals surface area (Å²) in [6.45, 7) is 5.12. The highest BCUT2D eigenvalue weighted by atomic mass is 32.1. The van der Waals surface area contributed by atoms with Crippen molar-refractivity contribution in [2.24, 2.45) is 0 Å². The maximum atomic E-state index is 12.3. The molecular weight excluding hydrogens is 328 g/mol. The molecule has 0 atom stereocenters. The van der Waals surface area contributed by atoms with E-state index in [1.807, 2.05) is 0 Å². The van der Waals surface area contributed by atoms with E-state index < -0.39 is 4.92 Å². The average Bonchev–Trinajstić information content (AvgIpc) is 2.96. The summed E-state index contributed by atoms with van der Waals surface area (Å²) in [7, 11) is 0. The molecule has 8 heteroatoms. The van der Waals surface area contributed by atoms with Gasteiger partial charge in [-0.25, -0.2) is 4.98 Å². The number of aromatic nitrogens is 1. The second kappa shape index (κ2) is 7.06. The van der Waals surface area contributed by atoms with Gasteiger partial charge in [-0.1, -0.05) is 6.92 Å². The fourth-order valence-corrected chi connectivity index (χ4v) is 3.76. The van der Waals surface area contributed by atoms with Gasteiger partial charge in [0.25, 0.3) is 11.6 Å². The largest absolute Gasteiger partial charge is 0.298 e. The summed E-state index contributed by atoms with van der Waals surface area (Å²) in [5, 5.41) is 14.0. The Morgan fingerprint density at radius 1 is 1.42 bits per heavy atom. The Bertz CT molecular complexity index is 757. The van der Waals surface area contributed by atoms with Gasteiger partial charge in [-0.15, -0.1) is 11.3 Å². The van der Waals surface area contributed by atoms with Crippen LogP contribution in [0.25, 0.3) is 0 Å². The third-order valence-corrected chi connectivity index (χ3v) is 4.91. The number of benzene rings is 1. The second-order valence-corrected chi connectivity index (χ2v) is 6.76. The lowest BCUT2D eigenvalue weighted by Crippen LogP contribution is -2.30. The fraction of sp³-hybridized carbons (Fsp3) is 0.375. The lowest BCUT2D eigenvalue weighted by Gasteiger charge is -2.24. The number of rotatable bonds is 5. The number of non-ortho nitro benzene ring substituents is 1. The van der Waals surface area contributed by atoms with Crippen LogP contribution >= 0.6 is 11.3 Å². The highest BCUT2D eigenvalue weighted by Crippen LogP contribution is 2.28. The minimum Gasteiger partial charge on any atom is -0.298 e. The number of amides is 1. The van der Waals surface area contributed by atoms with E-state index in [1.54, 1.807) is 0 Å². The zero-order valence-electron chi connectivity index (χ0n) is 13.3. The summed E-state index contributed by atoms with van der Waals surface area (Å²) in [5.74, 6) is -0.304. The first-order valence-electron chi connectivity index (χ1n) is 7.83. The Labute approximate surface area is 143 Å². The van der Waals surface area contributed by atoms with Crippen molar-refractivity contribution in [2.45, 2.75) is 26.3 Å². The Morgan fingerprint density at radius 3 is 2.83 bits per heavy atom. The third kappa shape index (κ3) is 3.60. The van der Waals surface area contributed by atoms with Crippen molar-refractivity contribution >= 4 is 28.1 Å². The molecule has 1 aliphatic heterocycles. The number of carbonyl (C=O) groups excluding carboxylic acids is 1. The summed E-state index contributed by atoms with van der Waals surface area (Å²) in [4.78, 5) is 30.5. The van der Waals surface area contributed by atoms with Crippen molar-refractivity contribution in [2.75, 3.05) is 18.4 Å². The monoisotopic (exact) mass is 346 g/mol. The number of fused-ring (bicyclic) bond motifs is 1. The van der Waals surface area contributed by atoms with Crippen LogP contribution in [-0.4, -0.2) is 33.8 Å². The molecule has 2 heterocycles. The molecule has 126 valence electrons. The molecule has 0 aliphatic carbocycles. The molecule has 0 fully saturated rings. The number of hydrogen-bond donors (Lipinski definition) is 1. The number of nitro benzene ring substituents is 1. The van der Waals surface area contributed by atoms with Gasteiger partial charge in [0.15, 0.2) is 5.13 Å². The highest BCUT2D eigenvalue weighted by Gasteiger charge is 2.21. The Kier molecular flexibility index (Phi) is 4.86. The van der Waals surface area contributed by atoms with E-state index in [-0.39, 0.29) is 11.6 Å². The van der Waals surface area contributed by atoms with Crippen LogP contribution in [0.15, 0.2) is 24.3 Å². The normalized spacial score (nSPS) is 14.2. The molecular formula is C16H18N4O3S. The van der Waals surface area contributed by atoms with Gasteiger partial charge in [-0.3, -0.25) is 25.1 Å². The summed E-state index contributed by atoms with van der Waals surface area (Å²) < 4.78 is 0. The van der Waals surface area contributed by atoms with Crippen LogP contribution in [0, 0.1) is 10.1 Å². The van der Waals surface area contributed by atoms with Gasteiger partial charge in [0, 0.05) is 42.1 Å². The molecule has 3 rings (SSSR count). The smallest absolute Gasteiger partial charge is 0.269 e. The van der Waals surface area contributed by atoms with Crippen molar-refractivity contribution in [1.29, 1.82) is 0 Å². The van der Waals surface area contributed by atoms with Crippen LogP contribution < -0.4 is 5.32 Å². The molecule has 2 aromatic rings. The van der Waals surface area contributed by atoms with Crippen LogP contribution in [-0.2, 0) is 13.0 Å². The zero-order chi connectivity index (χ0) is 17.1. The standard InChI is InChI=1S/C16H18N4O3S/c1-2-8-19-9-7-13-14(10-19)24-16(17-13)18-15(21)11-3-5-12(6-4-11)20(22)23/h3-6H,2,7-10H2,1H3,(H,17,18,21). The van der Waals surface area contributed by atoms with Gasteiger partial charge in [-0.05, 0) is 25.1 Å². The Morgan fingerprint density at radius 2 is 2.17 bits per heavy atom. The molecule has 1 aliphatic rings. The number of hydrogen-bond acceptors (Lipinski definition) is 6. The Hall–Kier alpha value is -2.32. The molecule has 1 amide bonds. The van der Waals surface area contributed by atoms with E-state index in [0.717, 1.165) is 38.2 Å². The maximum Gasteiger partial charge on any atom is 0.269 e. The van der Waals surface area contributed by atoms with E-state index in [0.29, 0.717) is 10.7 Å². The summed E-state index contributed by atoms with van der Waals surface area (Å²) >= 11 is 1.50. The van der Waals surface area contributed by atoms with Gasteiger partial charge < -0.3 is 0 Å². The van der Waals surface area contributed by atoms with Gasteiger partial charge in [-0.2, -0.15) is 0 Å². The fourth-order valence-electron chi connectivity index (χ4n) is 2.71. The van der Waals surface area contributed by atoms with Crippen LogP contribution in [0.1, 0.15) is 34.3 Å². The van der Waals surface area contributed by atoms with Crippen LogP contribution in [0.3, 0.4) is 0 Å². The van der Waals surface area contributed by atoms with Crippen molar-refractivity contribution in [3.63, 3.8) is 0 Å². The predicted octanol–water partition coefficient (Wildman–Crippen LogP) is 3.07. The molecule has 0 bridgehead atoms. The van der Waals surface area contributed by atoms with E-state index in [2.05, 4.69) is 22.1 Å². The summed E-state index contributed by atoms with van der Waals surface area (Å²) in [5.41, 5.74) is 1.40. The molecule has 7 nitrogen and oxygen atoms in total. The first-order valence-corrected chi connectivity index (χ1v) is 8.65. The maximum absolute atomic E-state index is 12.3. The van der Waals surface area contributed by atoms with Gasteiger partial charge >= 0.3 is 0 Å². The lowest BCUT2D eigenvalue weighted by atomic mass is 10.2. The minimum atomic E-state index is -0.487. The van der Waals surface area contributed by atoms with E-state index in [1.165, 1.54) is 40.5 Å². The van der Waals surface area contributed by atoms with Crippen LogP contribution in [0.5, 0.6) is 0 Å².